The lowest BCUT2D eigenvalue weighted by atomic mass is 9.97. The van der Waals surface area contributed by atoms with Crippen LogP contribution in [0.15, 0.2) is 36.0 Å². The smallest absolute Gasteiger partial charge is 0.309 e. The summed E-state index contributed by atoms with van der Waals surface area (Å²) in [5, 5.41) is 21.3. The quantitative estimate of drug-likeness (QED) is 0.430. The van der Waals surface area contributed by atoms with Crippen LogP contribution in [-0.2, 0) is 20.7 Å². The minimum atomic E-state index is -0.413. The fraction of sp³-hybridized carbons (Fsp3) is 0.450. The molecule has 0 radical (unpaired) electrons. The molecule has 7 heteroatoms. The number of nitrogens with one attached hydrogen (secondary N) is 1. The first-order valence-corrected chi connectivity index (χ1v) is 9.12. The number of carbonyl (C=O) groups excluding carboxylic acids is 2. The highest BCUT2D eigenvalue weighted by molar-refractivity contribution is 5.97. The van der Waals surface area contributed by atoms with Crippen LogP contribution >= 0.6 is 0 Å². The maximum Gasteiger partial charge on any atom is 0.309 e. The summed E-state index contributed by atoms with van der Waals surface area (Å²) >= 11 is 0. The third-order valence-corrected chi connectivity index (χ3v) is 4.46. The molecule has 1 fully saturated rings. The average molecular weight is 371 g/mol. The van der Waals surface area contributed by atoms with Crippen LogP contribution in [0.4, 0.5) is 0 Å². The predicted molar refractivity (Wildman–Crippen MR) is 99.4 cm³/mol. The number of nitrogens with zero attached hydrogens (tertiary/aromatic N) is 2. The zero-order valence-corrected chi connectivity index (χ0v) is 15.5. The van der Waals surface area contributed by atoms with Crippen LogP contribution in [0.2, 0.25) is 0 Å². The van der Waals surface area contributed by atoms with Gasteiger partial charge in [0.15, 0.2) is 0 Å². The third-order valence-electron chi connectivity index (χ3n) is 4.46. The number of amides is 1. The van der Waals surface area contributed by atoms with E-state index in [0.29, 0.717) is 45.5 Å². The first-order valence-electron chi connectivity index (χ1n) is 9.12. The summed E-state index contributed by atoms with van der Waals surface area (Å²) < 4.78 is 5.04. The summed E-state index contributed by atoms with van der Waals surface area (Å²) in [4.78, 5) is 25.9. The van der Waals surface area contributed by atoms with E-state index in [1.54, 1.807) is 37.4 Å². The molecule has 0 bridgehead atoms. The minimum Gasteiger partial charge on any atom is -0.508 e. The lowest BCUT2D eigenvalue weighted by molar-refractivity contribution is -0.149. The predicted octanol–water partition coefficient (Wildman–Crippen LogP) is 1.73. The Balaban J connectivity index is 1.81. The molecule has 1 saturated heterocycles. The van der Waals surface area contributed by atoms with Crippen molar-refractivity contribution in [3.05, 3.63) is 41.6 Å². The number of likely N-dealkylation sites (tertiary alicyclic amines) is 1. The number of esters is 1. The highest BCUT2D eigenvalue weighted by atomic mass is 16.5. The van der Waals surface area contributed by atoms with Gasteiger partial charge < -0.3 is 20.1 Å². The van der Waals surface area contributed by atoms with Crippen LogP contribution < -0.4 is 5.32 Å². The van der Waals surface area contributed by atoms with Gasteiger partial charge in [0.2, 0.25) is 0 Å². The molecule has 7 nitrogen and oxygen atoms in total. The van der Waals surface area contributed by atoms with E-state index >= 15 is 0 Å². The number of piperidine rings is 1. The van der Waals surface area contributed by atoms with Crippen LogP contribution in [0.3, 0.4) is 0 Å². The molecule has 0 atom stereocenters. The van der Waals surface area contributed by atoms with Crippen molar-refractivity contribution in [1.29, 1.82) is 5.26 Å². The van der Waals surface area contributed by atoms with Crippen LogP contribution in [0.5, 0.6) is 5.75 Å². The number of hydrogen-bond donors (Lipinski definition) is 2. The second kappa shape index (κ2) is 10.2. The lowest BCUT2D eigenvalue weighted by Crippen LogP contribution is -2.35. The fourth-order valence-electron chi connectivity index (χ4n) is 2.92. The highest BCUT2D eigenvalue weighted by Gasteiger charge is 2.25. The number of aromatic hydroxyl groups is 1. The van der Waals surface area contributed by atoms with Gasteiger partial charge in [-0.05, 0) is 43.9 Å². The molecule has 1 aromatic carbocycles. The van der Waals surface area contributed by atoms with Gasteiger partial charge in [0, 0.05) is 25.8 Å². The van der Waals surface area contributed by atoms with Crippen molar-refractivity contribution in [2.75, 3.05) is 26.2 Å². The summed E-state index contributed by atoms with van der Waals surface area (Å²) in [5.41, 5.74) is 1.03. The van der Waals surface area contributed by atoms with Gasteiger partial charge in [0.05, 0.1) is 12.5 Å². The summed E-state index contributed by atoms with van der Waals surface area (Å²) in [6, 6.07) is 8.71. The molecule has 27 heavy (non-hydrogen) atoms. The van der Waals surface area contributed by atoms with Gasteiger partial charge in [0.1, 0.15) is 17.4 Å². The van der Waals surface area contributed by atoms with E-state index in [-0.39, 0.29) is 23.2 Å². The van der Waals surface area contributed by atoms with Gasteiger partial charge in [-0.3, -0.25) is 9.59 Å². The standard InChI is InChI=1S/C20H25N3O4/c1-2-27-20(26)16-8-11-23(12-9-16)14-17(13-21)19(25)22-10-7-15-3-5-18(24)6-4-15/h3-6,14,16,24H,2,7-12H2,1H3,(H,22,25)/b17-14-. The van der Waals surface area contributed by atoms with E-state index in [4.69, 9.17) is 4.74 Å². The van der Waals surface area contributed by atoms with Gasteiger partial charge >= 0.3 is 5.97 Å². The lowest BCUT2D eigenvalue weighted by Gasteiger charge is -2.30. The SMILES string of the molecule is CCOC(=O)C1CCN(/C=C(/C#N)C(=O)NCCc2ccc(O)cc2)CC1. The largest absolute Gasteiger partial charge is 0.508 e. The molecule has 1 amide bonds. The Morgan fingerprint density at radius 1 is 1.33 bits per heavy atom. The molecule has 0 aromatic heterocycles. The van der Waals surface area contributed by atoms with Crippen molar-refractivity contribution < 1.29 is 19.4 Å². The molecule has 0 saturated carbocycles. The van der Waals surface area contributed by atoms with E-state index < -0.39 is 5.91 Å². The molecule has 2 rings (SSSR count). The Kier molecular flexibility index (Phi) is 7.68. The fourth-order valence-corrected chi connectivity index (χ4v) is 2.92. The molecular weight excluding hydrogens is 346 g/mol. The first kappa shape index (κ1) is 20.3. The number of rotatable bonds is 7. The van der Waals surface area contributed by atoms with Gasteiger partial charge in [0.25, 0.3) is 5.91 Å². The third kappa shape index (κ3) is 6.33. The van der Waals surface area contributed by atoms with Gasteiger partial charge in [-0.15, -0.1) is 0 Å². The molecule has 0 spiro atoms. The topological polar surface area (TPSA) is 103 Å². The molecule has 1 heterocycles. The van der Waals surface area contributed by atoms with Crippen LogP contribution in [0, 0.1) is 17.2 Å². The molecule has 0 unspecified atom stereocenters. The van der Waals surface area contributed by atoms with Crippen LogP contribution in [-0.4, -0.2) is 48.1 Å². The second-order valence-electron chi connectivity index (χ2n) is 6.39. The van der Waals surface area contributed by atoms with Crippen molar-refractivity contribution in [2.45, 2.75) is 26.2 Å². The van der Waals surface area contributed by atoms with Crippen molar-refractivity contribution in [3.8, 4) is 11.8 Å². The number of phenolic OH excluding ortho intramolecular Hbond substituents is 1. The Hall–Kier alpha value is -3.01. The van der Waals surface area contributed by atoms with E-state index in [1.807, 2.05) is 11.0 Å². The average Bonchev–Trinajstić information content (AvgIpc) is 2.68. The zero-order chi connectivity index (χ0) is 19.6. The molecule has 1 aromatic rings. The Morgan fingerprint density at radius 2 is 2.00 bits per heavy atom. The summed E-state index contributed by atoms with van der Waals surface area (Å²) in [7, 11) is 0. The summed E-state index contributed by atoms with van der Waals surface area (Å²) in [5.74, 6) is -0.499. The first-order chi connectivity index (χ1) is 13.0. The Morgan fingerprint density at radius 3 is 2.59 bits per heavy atom. The monoisotopic (exact) mass is 371 g/mol. The van der Waals surface area contributed by atoms with Gasteiger partial charge in [-0.25, -0.2) is 0 Å². The molecular formula is C20H25N3O4. The van der Waals surface area contributed by atoms with Crippen molar-refractivity contribution in [2.24, 2.45) is 5.92 Å². The number of phenols is 1. The molecule has 144 valence electrons. The number of benzene rings is 1. The zero-order valence-electron chi connectivity index (χ0n) is 15.5. The van der Waals surface area contributed by atoms with E-state index in [0.717, 1.165) is 5.56 Å². The van der Waals surface area contributed by atoms with Crippen LogP contribution in [0.25, 0.3) is 0 Å². The molecule has 0 aliphatic carbocycles. The maximum atomic E-state index is 12.2. The summed E-state index contributed by atoms with van der Waals surface area (Å²) in [6.45, 7) is 3.77. The normalized spacial score (nSPS) is 15.1. The Bertz CT molecular complexity index is 714. The highest BCUT2D eigenvalue weighted by Crippen LogP contribution is 2.19. The second-order valence-corrected chi connectivity index (χ2v) is 6.39. The molecule has 2 N–H and O–H groups in total. The van der Waals surface area contributed by atoms with E-state index in [1.165, 1.54) is 0 Å². The number of carbonyl (C=O) groups is 2. The minimum absolute atomic E-state index is 0.0512. The number of nitriles is 1. The Labute approximate surface area is 159 Å². The van der Waals surface area contributed by atoms with Gasteiger partial charge in [-0.1, -0.05) is 12.1 Å². The van der Waals surface area contributed by atoms with Crippen LogP contribution in [0.1, 0.15) is 25.3 Å². The molecule has 1 aliphatic heterocycles. The van der Waals surface area contributed by atoms with Crippen molar-refractivity contribution in [3.63, 3.8) is 0 Å². The van der Waals surface area contributed by atoms with E-state index in [9.17, 15) is 20.0 Å². The number of hydrogen-bond acceptors (Lipinski definition) is 6. The van der Waals surface area contributed by atoms with Crippen molar-refractivity contribution >= 4 is 11.9 Å². The van der Waals surface area contributed by atoms with E-state index in [2.05, 4.69) is 5.32 Å². The summed E-state index contributed by atoms with van der Waals surface area (Å²) in [6.07, 6.45) is 3.47. The number of ether oxygens (including phenoxy) is 1. The maximum absolute atomic E-state index is 12.2. The molecule has 1 aliphatic rings. The van der Waals surface area contributed by atoms with Gasteiger partial charge in [-0.2, -0.15) is 5.26 Å². The van der Waals surface area contributed by atoms with Crippen molar-refractivity contribution in [1.82, 2.24) is 10.2 Å².